The van der Waals surface area contributed by atoms with E-state index in [9.17, 15) is 32.3 Å². The van der Waals surface area contributed by atoms with E-state index in [1.54, 1.807) is 9.80 Å². The molecule has 0 radical (unpaired) electrons. The number of nitrogens with one attached hydrogen (secondary N) is 2. The number of hydrogen-bond donors (Lipinski definition) is 3. The number of benzene rings is 1. The minimum Gasteiger partial charge on any atom is -0.406 e. The maximum absolute atomic E-state index is 14.2. The summed E-state index contributed by atoms with van der Waals surface area (Å²) in [6.45, 7) is 0.333. The van der Waals surface area contributed by atoms with E-state index in [-0.39, 0.29) is 42.7 Å². The molecule has 1 aliphatic carbocycles. The molecule has 2 atom stereocenters. The van der Waals surface area contributed by atoms with Crippen LogP contribution in [0.4, 0.5) is 27.2 Å². The van der Waals surface area contributed by atoms with Crippen LogP contribution < -0.4 is 15.4 Å². The smallest absolute Gasteiger partial charge is 0.406 e. The number of nitrogens with zero attached hydrogens (tertiary/aromatic N) is 2. The largest absolute Gasteiger partial charge is 0.573 e. The van der Waals surface area contributed by atoms with E-state index in [1.807, 2.05) is 0 Å². The molecule has 3 rings (SSSR count). The van der Waals surface area contributed by atoms with Gasteiger partial charge in [-0.2, -0.15) is 0 Å². The van der Waals surface area contributed by atoms with Crippen molar-refractivity contribution in [2.75, 3.05) is 26.7 Å². The summed E-state index contributed by atoms with van der Waals surface area (Å²) in [5.74, 6) is -1.80. The van der Waals surface area contributed by atoms with Crippen LogP contribution in [0, 0.1) is 11.7 Å². The molecule has 1 aromatic rings. The maximum atomic E-state index is 14.2. The molecule has 178 valence electrons. The summed E-state index contributed by atoms with van der Waals surface area (Å²) in [7, 11) is 1.50. The standard InChI is InChI=1S/C20H26F4N4O4/c1-25-18(30)27-9-12(11-29)6-15(10-27)28(14-3-4-14)19(31)26-8-13-2-5-16(7-17(13)21)32-20(22,23)24/h2,5,7,12,14-15,29H,3-4,6,8-11H2,1H3,(H,25,30)(H,26,31)/t12-,15+/m0/s1. The number of alkyl halides is 3. The molecular weight excluding hydrogens is 436 g/mol. The van der Waals surface area contributed by atoms with E-state index in [2.05, 4.69) is 15.4 Å². The number of likely N-dealkylation sites (tertiary alicyclic amines) is 1. The first-order chi connectivity index (χ1) is 15.1. The summed E-state index contributed by atoms with van der Waals surface area (Å²) < 4.78 is 54.7. The zero-order valence-electron chi connectivity index (χ0n) is 17.5. The van der Waals surface area contributed by atoms with Crippen LogP contribution in [0.1, 0.15) is 24.8 Å². The van der Waals surface area contributed by atoms with Crippen molar-refractivity contribution in [3.05, 3.63) is 29.6 Å². The molecule has 1 saturated heterocycles. The number of carbonyl (C=O) groups is 2. The first-order valence-corrected chi connectivity index (χ1v) is 10.3. The number of hydrogen-bond acceptors (Lipinski definition) is 4. The van der Waals surface area contributed by atoms with Gasteiger partial charge in [-0.05, 0) is 25.3 Å². The molecular formula is C20H26F4N4O4. The Morgan fingerprint density at radius 3 is 2.53 bits per heavy atom. The van der Waals surface area contributed by atoms with Gasteiger partial charge in [-0.3, -0.25) is 0 Å². The lowest BCUT2D eigenvalue weighted by Crippen LogP contribution is -2.58. The number of carbonyl (C=O) groups excluding carboxylic acids is 2. The fraction of sp³-hybridized carbons (Fsp3) is 0.600. The fourth-order valence-corrected chi connectivity index (χ4v) is 3.95. The zero-order valence-corrected chi connectivity index (χ0v) is 17.5. The van der Waals surface area contributed by atoms with Crippen molar-refractivity contribution < 1.29 is 37.0 Å². The van der Waals surface area contributed by atoms with Crippen molar-refractivity contribution in [1.82, 2.24) is 20.4 Å². The SMILES string of the molecule is CNC(=O)N1C[C@@H](CO)C[C@@H](N(C(=O)NCc2ccc(OC(F)(F)F)cc2F)C2CC2)C1. The van der Waals surface area contributed by atoms with E-state index in [4.69, 9.17) is 0 Å². The molecule has 2 aliphatic rings. The van der Waals surface area contributed by atoms with Crippen LogP contribution in [0.15, 0.2) is 18.2 Å². The van der Waals surface area contributed by atoms with E-state index in [0.29, 0.717) is 25.6 Å². The molecule has 1 aromatic carbocycles. The van der Waals surface area contributed by atoms with Gasteiger partial charge in [0.05, 0.1) is 6.04 Å². The van der Waals surface area contributed by atoms with Gasteiger partial charge >= 0.3 is 18.4 Å². The van der Waals surface area contributed by atoms with Crippen molar-refractivity contribution in [2.24, 2.45) is 5.92 Å². The average Bonchev–Trinajstić information content (AvgIpc) is 3.56. The maximum Gasteiger partial charge on any atom is 0.573 e. The molecule has 3 N–H and O–H groups in total. The Kier molecular flexibility index (Phi) is 7.32. The molecule has 0 unspecified atom stereocenters. The number of halogens is 4. The number of aliphatic hydroxyl groups excluding tert-OH is 1. The first kappa shape index (κ1) is 23.9. The highest BCUT2D eigenvalue weighted by Crippen LogP contribution is 2.33. The Bertz CT molecular complexity index is 834. The van der Waals surface area contributed by atoms with Crippen molar-refractivity contribution in [1.29, 1.82) is 0 Å². The second kappa shape index (κ2) is 9.80. The van der Waals surface area contributed by atoms with Gasteiger partial charge in [0, 0.05) is 56.9 Å². The summed E-state index contributed by atoms with van der Waals surface area (Å²) in [4.78, 5) is 28.2. The highest BCUT2D eigenvalue weighted by molar-refractivity contribution is 5.76. The molecule has 0 bridgehead atoms. The lowest BCUT2D eigenvalue weighted by Gasteiger charge is -2.42. The lowest BCUT2D eigenvalue weighted by atomic mass is 9.94. The Balaban J connectivity index is 1.66. The number of urea groups is 2. The summed E-state index contributed by atoms with van der Waals surface area (Å²) >= 11 is 0. The third kappa shape index (κ3) is 6.15. The molecule has 0 spiro atoms. The average molecular weight is 462 g/mol. The number of rotatable bonds is 6. The van der Waals surface area contributed by atoms with Gasteiger partial charge in [0.25, 0.3) is 0 Å². The van der Waals surface area contributed by atoms with Crippen molar-refractivity contribution in [3.63, 3.8) is 0 Å². The molecule has 2 fully saturated rings. The lowest BCUT2D eigenvalue weighted by molar-refractivity contribution is -0.274. The zero-order chi connectivity index (χ0) is 23.5. The van der Waals surface area contributed by atoms with Gasteiger partial charge < -0.3 is 30.3 Å². The number of aliphatic hydroxyl groups is 1. The second-order valence-electron chi connectivity index (χ2n) is 8.00. The van der Waals surface area contributed by atoms with Crippen LogP contribution in [0.2, 0.25) is 0 Å². The third-order valence-corrected chi connectivity index (χ3v) is 5.53. The number of ether oxygens (including phenoxy) is 1. The topological polar surface area (TPSA) is 94.1 Å². The normalized spacial score (nSPS) is 21.1. The summed E-state index contributed by atoms with van der Waals surface area (Å²) in [5.41, 5.74) is 0.00693. The van der Waals surface area contributed by atoms with E-state index >= 15 is 0 Å². The van der Waals surface area contributed by atoms with E-state index < -0.39 is 24.0 Å². The molecule has 8 nitrogen and oxygen atoms in total. The number of amides is 4. The molecule has 12 heteroatoms. The van der Waals surface area contributed by atoms with Crippen LogP contribution in [0.25, 0.3) is 0 Å². The predicted octanol–water partition coefficient (Wildman–Crippen LogP) is 2.42. The molecule has 4 amide bonds. The monoisotopic (exact) mass is 462 g/mol. The molecule has 32 heavy (non-hydrogen) atoms. The molecule has 1 saturated carbocycles. The Morgan fingerprint density at radius 1 is 1.25 bits per heavy atom. The number of piperidine rings is 1. The van der Waals surface area contributed by atoms with Crippen molar-refractivity contribution >= 4 is 12.1 Å². The highest BCUT2D eigenvalue weighted by Gasteiger charge is 2.41. The van der Waals surface area contributed by atoms with Crippen LogP contribution >= 0.6 is 0 Å². The van der Waals surface area contributed by atoms with Crippen molar-refractivity contribution in [2.45, 2.75) is 44.3 Å². The van der Waals surface area contributed by atoms with Gasteiger partial charge in [-0.25, -0.2) is 14.0 Å². The third-order valence-electron chi connectivity index (χ3n) is 5.53. The Morgan fingerprint density at radius 2 is 1.97 bits per heavy atom. The highest BCUT2D eigenvalue weighted by atomic mass is 19.4. The van der Waals surface area contributed by atoms with E-state index in [0.717, 1.165) is 25.0 Å². The van der Waals surface area contributed by atoms with Gasteiger partial charge in [0.1, 0.15) is 11.6 Å². The molecule has 0 aromatic heterocycles. The summed E-state index contributed by atoms with van der Waals surface area (Å²) in [6, 6.07) is 1.62. The summed E-state index contributed by atoms with van der Waals surface area (Å²) in [6.07, 6.45) is -2.81. The fourth-order valence-electron chi connectivity index (χ4n) is 3.95. The quantitative estimate of drug-likeness (QED) is 0.566. The van der Waals surface area contributed by atoms with Crippen LogP contribution in [0.5, 0.6) is 5.75 Å². The molecule has 1 aliphatic heterocycles. The second-order valence-corrected chi connectivity index (χ2v) is 8.00. The van der Waals surface area contributed by atoms with Crippen LogP contribution in [-0.2, 0) is 6.54 Å². The van der Waals surface area contributed by atoms with Crippen LogP contribution in [0.3, 0.4) is 0 Å². The van der Waals surface area contributed by atoms with Crippen LogP contribution in [-0.4, -0.2) is 72.2 Å². The van der Waals surface area contributed by atoms with Gasteiger partial charge in [-0.15, -0.1) is 13.2 Å². The van der Waals surface area contributed by atoms with Gasteiger partial charge in [-0.1, -0.05) is 6.07 Å². The predicted molar refractivity (Wildman–Crippen MR) is 105 cm³/mol. The minimum atomic E-state index is -4.93. The first-order valence-electron chi connectivity index (χ1n) is 10.3. The molecule has 1 heterocycles. The Labute approximate surface area is 182 Å². The van der Waals surface area contributed by atoms with Gasteiger partial charge in [0.2, 0.25) is 0 Å². The minimum absolute atomic E-state index is 0.00693. The Hall–Kier alpha value is -2.76. The van der Waals surface area contributed by atoms with Crippen molar-refractivity contribution in [3.8, 4) is 5.75 Å². The van der Waals surface area contributed by atoms with Gasteiger partial charge in [0.15, 0.2) is 0 Å². The summed E-state index contributed by atoms with van der Waals surface area (Å²) in [5, 5.41) is 14.8. The van der Waals surface area contributed by atoms with E-state index in [1.165, 1.54) is 7.05 Å².